The number of carboxylic acids is 1. The molecule has 0 aliphatic heterocycles. The first-order chi connectivity index (χ1) is 15.8. The molecular formula is C27H34N2O4. The van der Waals surface area contributed by atoms with E-state index >= 15 is 0 Å². The van der Waals surface area contributed by atoms with Crippen LogP contribution in [0.2, 0.25) is 0 Å². The largest absolute Gasteiger partial charge is 0.489 e. The number of fused-ring (bicyclic) bond motifs is 1. The molecule has 0 saturated heterocycles. The van der Waals surface area contributed by atoms with Crippen LogP contribution in [0.25, 0.3) is 0 Å². The number of carboxylic acid groups (broad SMARTS) is 1. The Kier molecular flexibility index (Phi) is 8.49. The highest BCUT2D eigenvalue weighted by Gasteiger charge is 2.21. The van der Waals surface area contributed by atoms with Crippen molar-refractivity contribution in [3.8, 4) is 11.8 Å². The van der Waals surface area contributed by atoms with Crippen molar-refractivity contribution in [3.63, 3.8) is 0 Å². The Morgan fingerprint density at radius 2 is 1.88 bits per heavy atom. The van der Waals surface area contributed by atoms with E-state index in [-0.39, 0.29) is 18.6 Å². The molecular weight excluding hydrogens is 416 g/mol. The zero-order valence-corrected chi connectivity index (χ0v) is 19.6. The summed E-state index contributed by atoms with van der Waals surface area (Å²) in [4.78, 5) is 10.7. The summed E-state index contributed by atoms with van der Waals surface area (Å²) in [6.07, 6.45) is 5.40. The van der Waals surface area contributed by atoms with Crippen LogP contribution in [-0.4, -0.2) is 41.0 Å². The number of β-amino-alcohol motifs (C(OH)–C–C–N with tert-alkyl or cyclic N) is 1. The zero-order valence-electron chi connectivity index (χ0n) is 19.6. The van der Waals surface area contributed by atoms with Gasteiger partial charge < -0.3 is 20.3 Å². The Hall–Kier alpha value is -2.88. The molecule has 1 aliphatic rings. The molecule has 2 aromatic rings. The quantitative estimate of drug-likeness (QED) is 0.481. The number of aliphatic hydroxyl groups is 1. The molecule has 2 aromatic carbocycles. The summed E-state index contributed by atoms with van der Waals surface area (Å²) in [6, 6.07) is 14.0. The van der Waals surface area contributed by atoms with Gasteiger partial charge in [-0.05, 0) is 86.8 Å². The summed E-state index contributed by atoms with van der Waals surface area (Å²) in [5, 5.41) is 32.1. The Labute approximate surface area is 196 Å². The fourth-order valence-corrected chi connectivity index (χ4v) is 4.31. The van der Waals surface area contributed by atoms with Gasteiger partial charge in [0.15, 0.2) is 0 Å². The minimum Gasteiger partial charge on any atom is -0.489 e. The first-order valence-corrected chi connectivity index (χ1v) is 11.7. The number of aliphatic hydroxyl groups excluding tert-OH is 1. The van der Waals surface area contributed by atoms with Crippen LogP contribution < -0.4 is 10.1 Å². The minimum absolute atomic E-state index is 0.0106. The summed E-state index contributed by atoms with van der Waals surface area (Å²) in [6.45, 7) is 4.69. The second-order valence-corrected chi connectivity index (χ2v) is 9.55. The molecule has 1 aliphatic carbocycles. The lowest BCUT2D eigenvalue weighted by molar-refractivity contribution is -0.136. The van der Waals surface area contributed by atoms with Gasteiger partial charge in [-0.25, -0.2) is 0 Å². The van der Waals surface area contributed by atoms with Crippen molar-refractivity contribution in [2.45, 2.75) is 70.4 Å². The number of carbonyl (C=O) groups is 1. The molecule has 6 heteroatoms. The Morgan fingerprint density at radius 1 is 1.15 bits per heavy atom. The van der Waals surface area contributed by atoms with Gasteiger partial charge in [0.05, 0.1) is 5.56 Å². The Balaban J connectivity index is 1.49. The standard InChI is InChI=1S/C27H34N2O4/c1-27(2,15-20-7-10-21-5-3-4-6-22(21)14-20)29-17-24(30)18-33-25-11-8-19(9-12-26(31)32)13-23(25)16-28/h7-8,10-11,13-14,24,29-30H,3-6,9,12,15,17-18H2,1-2H3,(H,31,32)/t24-/m1/s1. The van der Waals surface area contributed by atoms with Gasteiger partial charge in [-0.15, -0.1) is 0 Å². The van der Waals surface area contributed by atoms with E-state index in [2.05, 4.69) is 43.4 Å². The van der Waals surface area contributed by atoms with Crippen molar-refractivity contribution in [1.29, 1.82) is 5.26 Å². The van der Waals surface area contributed by atoms with Gasteiger partial charge in [0.2, 0.25) is 0 Å². The van der Waals surface area contributed by atoms with E-state index in [1.54, 1.807) is 18.2 Å². The smallest absolute Gasteiger partial charge is 0.303 e. The van der Waals surface area contributed by atoms with E-state index in [4.69, 9.17) is 9.84 Å². The summed E-state index contributed by atoms with van der Waals surface area (Å²) in [5.41, 5.74) is 5.19. The van der Waals surface area contributed by atoms with Crippen LogP contribution in [0.5, 0.6) is 5.75 Å². The molecule has 0 saturated carbocycles. The Bertz CT molecular complexity index is 1010. The summed E-state index contributed by atoms with van der Waals surface area (Å²) in [5.74, 6) is -0.483. The first kappa shape index (κ1) is 24.8. The van der Waals surface area contributed by atoms with Gasteiger partial charge in [-0.3, -0.25) is 4.79 Å². The van der Waals surface area contributed by atoms with E-state index in [1.165, 1.54) is 36.0 Å². The van der Waals surface area contributed by atoms with Crippen LogP contribution in [0.4, 0.5) is 0 Å². The molecule has 0 unspecified atom stereocenters. The third kappa shape index (κ3) is 7.59. The predicted octanol–water partition coefficient (Wildman–Crippen LogP) is 3.80. The number of ether oxygens (including phenoxy) is 1. The lowest BCUT2D eigenvalue weighted by Crippen LogP contribution is -2.46. The molecule has 0 aromatic heterocycles. The summed E-state index contributed by atoms with van der Waals surface area (Å²) < 4.78 is 5.69. The molecule has 176 valence electrons. The van der Waals surface area contributed by atoms with E-state index < -0.39 is 12.1 Å². The molecule has 0 radical (unpaired) electrons. The number of rotatable bonds is 11. The number of nitrogens with one attached hydrogen (secondary N) is 1. The summed E-state index contributed by atoms with van der Waals surface area (Å²) >= 11 is 0. The lowest BCUT2D eigenvalue weighted by atomic mass is 9.87. The number of hydrogen-bond donors (Lipinski definition) is 3. The van der Waals surface area contributed by atoms with Crippen LogP contribution in [0.1, 0.15) is 60.9 Å². The maximum Gasteiger partial charge on any atom is 0.303 e. The maximum atomic E-state index is 10.7. The van der Waals surface area contributed by atoms with Gasteiger partial charge in [0, 0.05) is 18.5 Å². The van der Waals surface area contributed by atoms with Crippen molar-refractivity contribution in [3.05, 3.63) is 64.2 Å². The third-order valence-electron chi connectivity index (χ3n) is 6.10. The van der Waals surface area contributed by atoms with Crippen LogP contribution in [0, 0.1) is 11.3 Å². The monoisotopic (exact) mass is 450 g/mol. The minimum atomic E-state index is -0.876. The Morgan fingerprint density at radius 3 is 2.61 bits per heavy atom. The number of aryl methyl sites for hydroxylation is 3. The van der Waals surface area contributed by atoms with Crippen molar-refractivity contribution in [1.82, 2.24) is 5.32 Å². The molecule has 3 rings (SSSR count). The highest BCUT2D eigenvalue weighted by molar-refractivity contribution is 5.67. The van der Waals surface area contributed by atoms with Crippen molar-refractivity contribution < 1.29 is 19.7 Å². The van der Waals surface area contributed by atoms with Gasteiger partial charge in [-0.1, -0.05) is 24.3 Å². The van der Waals surface area contributed by atoms with Gasteiger partial charge in [-0.2, -0.15) is 5.26 Å². The maximum absolute atomic E-state index is 10.7. The van der Waals surface area contributed by atoms with E-state index in [1.807, 2.05) is 0 Å². The van der Waals surface area contributed by atoms with Crippen molar-refractivity contribution in [2.24, 2.45) is 0 Å². The van der Waals surface area contributed by atoms with E-state index in [9.17, 15) is 15.2 Å². The van der Waals surface area contributed by atoms with Crippen molar-refractivity contribution >= 4 is 5.97 Å². The van der Waals surface area contributed by atoms with Gasteiger partial charge in [0.25, 0.3) is 0 Å². The third-order valence-corrected chi connectivity index (χ3v) is 6.10. The molecule has 6 nitrogen and oxygen atoms in total. The average Bonchev–Trinajstić information content (AvgIpc) is 2.80. The molecule has 0 bridgehead atoms. The lowest BCUT2D eigenvalue weighted by Gasteiger charge is -2.29. The van der Waals surface area contributed by atoms with Crippen LogP contribution >= 0.6 is 0 Å². The van der Waals surface area contributed by atoms with Crippen molar-refractivity contribution in [2.75, 3.05) is 13.2 Å². The van der Waals surface area contributed by atoms with E-state index in [0.29, 0.717) is 24.3 Å². The molecule has 1 atom stereocenters. The SMILES string of the molecule is CC(C)(Cc1ccc2c(c1)CCCC2)NC[C@@H](O)COc1ccc(CCC(=O)O)cc1C#N. The number of hydrogen-bond acceptors (Lipinski definition) is 5. The van der Waals surface area contributed by atoms with Gasteiger partial charge in [0.1, 0.15) is 24.5 Å². The highest BCUT2D eigenvalue weighted by atomic mass is 16.5. The molecule has 0 amide bonds. The predicted molar refractivity (Wildman–Crippen MR) is 127 cm³/mol. The molecule has 0 fully saturated rings. The van der Waals surface area contributed by atoms with Crippen LogP contribution in [-0.2, 0) is 30.5 Å². The number of nitrogens with zero attached hydrogens (tertiary/aromatic N) is 1. The second-order valence-electron chi connectivity index (χ2n) is 9.55. The van der Waals surface area contributed by atoms with E-state index in [0.717, 1.165) is 18.4 Å². The summed E-state index contributed by atoms with van der Waals surface area (Å²) in [7, 11) is 0. The molecule has 0 spiro atoms. The average molecular weight is 451 g/mol. The van der Waals surface area contributed by atoms with Crippen LogP contribution in [0.15, 0.2) is 36.4 Å². The number of nitriles is 1. The number of aliphatic carboxylic acids is 1. The molecule has 3 N–H and O–H groups in total. The fraction of sp³-hybridized carbons (Fsp3) is 0.481. The molecule has 0 heterocycles. The zero-order chi connectivity index (χ0) is 23.8. The fourth-order valence-electron chi connectivity index (χ4n) is 4.31. The normalized spacial score (nSPS) is 14.2. The van der Waals surface area contributed by atoms with Gasteiger partial charge >= 0.3 is 5.97 Å². The molecule has 33 heavy (non-hydrogen) atoms. The first-order valence-electron chi connectivity index (χ1n) is 11.7. The van der Waals surface area contributed by atoms with Crippen LogP contribution in [0.3, 0.4) is 0 Å². The number of benzene rings is 2. The second kappa shape index (κ2) is 11.3. The topological polar surface area (TPSA) is 103 Å². The highest BCUT2D eigenvalue weighted by Crippen LogP contribution is 2.24.